The zero-order valence-electron chi connectivity index (χ0n) is 11.4. The Balaban J connectivity index is 0.000000159. The second kappa shape index (κ2) is 6.20. The fourth-order valence-corrected chi connectivity index (χ4v) is 2.79. The lowest BCUT2D eigenvalue weighted by molar-refractivity contribution is -0.136. The zero-order chi connectivity index (χ0) is 13.8. The summed E-state index contributed by atoms with van der Waals surface area (Å²) < 4.78 is 0. The number of aryl methyl sites for hydroxylation is 2. The third-order valence-electron chi connectivity index (χ3n) is 4.01. The molecule has 0 aliphatic heterocycles. The molecule has 3 nitrogen and oxygen atoms in total. The Morgan fingerprint density at radius 1 is 1.37 bits per heavy atom. The minimum atomic E-state index is -0.739. The molecule has 0 saturated heterocycles. The Kier molecular flexibility index (Phi) is 4.59. The molecule has 0 heterocycles. The van der Waals surface area contributed by atoms with Gasteiger partial charge in [0.15, 0.2) is 0 Å². The number of carboxylic acids is 1. The van der Waals surface area contributed by atoms with Gasteiger partial charge >= 0.3 is 5.97 Å². The van der Waals surface area contributed by atoms with Crippen molar-refractivity contribution >= 4 is 5.97 Å². The number of carbonyl (C=O) groups is 1. The predicted octanol–water partition coefficient (Wildman–Crippen LogP) is 2.79. The van der Waals surface area contributed by atoms with Crippen molar-refractivity contribution in [3.05, 3.63) is 35.4 Å². The van der Waals surface area contributed by atoms with Crippen LogP contribution in [0.4, 0.5) is 0 Å². The minimum Gasteiger partial charge on any atom is -0.481 e. The quantitative estimate of drug-likeness (QED) is 0.880. The average molecular weight is 262 g/mol. The van der Waals surface area contributed by atoms with Crippen LogP contribution in [0.15, 0.2) is 24.3 Å². The number of hydrogen-bond donors (Lipinski definition) is 2. The van der Waals surface area contributed by atoms with Crippen LogP contribution in [0.3, 0.4) is 0 Å². The SMILES string of the molecule is Cc1cccc(CCC(=O)O)c1.OC1CCC2CC12. The van der Waals surface area contributed by atoms with E-state index < -0.39 is 5.97 Å². The zero-order valence-corrected chi connectivity index (χ0v) is 11.4. The maximum absolute atomic E-state index is 10.3. The molecule has 2 aliphatic carbocycles. The Morgan fingerprint density at radius 2 is 2.16 bits per heavy atom. The number of rotatable bonds is 3. The van der Waals surface area contributed by atoms with E-state index in [9.17, 15) is 4.79 Å². The number of fused-ring (bicyclic) bond motifs is 1. The Hall–Kier alpha value is -1.35. The second-order valence-electron chi connectivity index (χ2n) is 5.69. The van der Waals surface area contributed by atoms with Crippen molar-refractivity contribution in [2.75, 3.05) is 0 Å². The van der Waals surface area contributed by atoms with Gasteiger partial charge in [-0.1, -0.05) is 29.8 Å². The Bertz CT molecular complexity index is 441. The highest BCUT2D eigenvalue weighted by molar-refractivity contribution is 5.67. The number of aliphatic hydroxyl groups is 1. The van der Waals surface area contributed by atoms with Crippen LogP contribution >= 0.6 is 0 Å². The van der Waals surface area contributed by atoms with E-state index in [0.717, 1.165) is 23.8 Å². The number of aliphatic hydroxyl groups excluding tert-OH is 1. The standard InChI is InChI=1S/C10H12O2.C6H10O/c1-8-3-2-4-9(7-8)5-6-10(11)12;7-6-2-1-4-3-5(4)6/h2-4,7H,5-6H2,1H3,(H,11,12);4-7H,1-3H2. The Morgan fingerprint density at radius 3 is 2.58 bits per heavy atom. The van der Waals surface area contributed by atoms with E-state index in [4.69, 9.17) is 10.2 Å². The monoisotopic (exact) mass is 262 g/mol. The van der Waals surface area contributed by atoms with E-state index in [1.807, 2.05) is 31.2 Å². The number of carboxylic acid groups (broad SMARTS) is 1. The van der Waals surface area contributed by atoms with Gasteiger partial charge in [-0.05, 0) is 50.0 Å². The second-order valence-corrected chi connectivity index (χ2v) is 5.69. The summed E-state index contributed by atoms with van der Waals surface area (Å²) >= 11 is 0. The summed E-state index contributed by atoms with van der Waals surface area (Å²) in [5.74, 6) is 0.937. The highest BCUT2D eigenvalue weighted by Crippen LogP contribution is 2.51. The van der Waals surface area contributed by atoms with Crippen molar-refractivity contribution in [1.82, 2.24) is 0 Å². The topological polar surface area (TPSA) is 57.5 Å². The largest absolute Gasteiger partial charge is 0.481 e. The van der Waals surface area contributed by atoms with Crippen LogP contribution in [0.1, 0.15) is 36.8 Å². The fraction of sp³-hybridized carbons (Fsp3) is 0.562. The molecule has 2 aliphatic rings. The molecule has 19 heavy (non-hydrogen) atoms. The lowest BCUT2D eigenvalue weighted by atomic mass is 10.1. The molecule has 3 atom stereocenters. The third-order valence-corrected chi connectivity index (χ3v) is 4.01. The average Bonchev–Trinajstić information content (AvgIpc) is 3.07. The van der Waals surface area contributed by atoms with Gasteiger partial charge in [-0.2, -0.15) is 0 Å². The molecule has 2 N–H and O–H groups in total. The first-order chi connectivity index (χ1) is 9.06. The lowest BCUT2D eigenvalue weighted by Crippen LogP contribution is -2.02. The normalized spacial score (nSPS) is 27.2. The molecule has 0 aromatic heterocycles. The van der Waals surface area contributed by atoms with Crippen LogP contribution in [0.5, 0.6) is 0 Å². The summed E-state index contributed by atoms with van der Waals surface area (Å²) in [6.07, 6.45) is 4.62. The highest BCUT2D eigenvalue weighted by Gasteiger charge is 2.47. The molecule has 3 heteroatoms. The van der Waals surface area contributed by atoms with Gasteiger partial charge in [-0.3, -0.25) is 4.79 Å². The van der Waals surface area contributed by atoms with E-state index >= 15 is 0 Å². The highest BCUT2D eigenvalue weighted by atomic mass is 16.4. The lowest BCUT2D eigenvalue weighted by Gasteiger charge is -1.98. The van der Waals surface area contributed by atoms with Gasteiger partial charge in [0.05, 0.1) is 6.10 Å². The van der Waals surface area contributed by atoms with Crippen molar-refractivity contribution in [2.45, 2.75) is 45.1 Å². The van der Waals surface area contributed by atoms with E-state index in [1.54, 1.807) is 0 Å². The van der Waals surface area contributed by atoms with Gasteiger partial charge in [-0.25, -0.2) is 0 Å². The summed E-state index contributed by atoms with van der Waals surface area (Å²) in [6, 6.07) is 7.93. The molecule has 2 fully saturated rings. The molecule has 1 aromatic carbocycles. The van der Waals surface area contributed by atoms with Crippen LogP contribution in [0.25, 0.3) is 0 Å². The van der Waals surface area contributed by atoms with Crippen LogP contribution in [-0.4, -0.2) is 22.3 Å². The molecule has 0 spiro atoms. The summed E-state index contributed by atoms with van der Waals surface area (Å²) in [5, 5.41) is 17.5. The fourth-order valence-electron chi connectivity index (χ4n) is 2.79. The van der Waals surface area contributed by atoms with Gasteiger partial charge in [0.25, 0.3) is 0 Å². The predicted molar refractivity (Wildman–Crippen MR) is 74.0 cm³/mol. The van der Waals surface area contributed by atoms with Gasteiger partial charge in [0, 0.05) is 6.42 Å². The van der Waals surface area contributed by atoms with E-state index in [2.05, 4.69) is 0 Å². The van der Waals surface area contributed by atoms with Gasteiger partial charge in [0.1, 0.15) is 0 Å². The Labute approximate surface area is 114 Å². The molecule has 0 radical (unpaired) electrons. The van der Waals surface area contributed by atoms with Crippen molar-refractivity contribution in [3.8, 4) is 0 Å². The van der Waals surface area contributed by atoms with Crippen LogP contribution in [-0.2, 0) is 11.2 Å². The molecule has 3 unspecified atom stereocenters. The summed E-state index contributed by atoms with van der Waals surface area (Å²) in [7, 11) is 0. The molecule has 2 saturated carbocycles. The van der Waals surface area contributed by atoms with E-state index in [-0.39, 0.29) is 12.5 Å². The first-order valence-electron chi connectivity index (χ1n) is 7.01. The van der Waals surface area contributed by atoms with Crippen molar-refractivity contribution < 1.29 is 15.0 Å². The number of hydrogen-bond acceptors (Lipinski definition) is 2. The molecule has 0 bridgehead atoms. The van der Waals surface area contributed by atoms with Gasteiger partial charge < -0.3 is 10.2 Å². The molecule has 104 valence electrons. The van der Waals surface area contributed by atoms with Crippen molar-refractivity contribution in [3.63, 3.8) is 0 Å². The molecular formula is C16H22O3. The van der Waals surface area contributed by atoms with Crippen molar-refractivity contribution in [1.29, 1.82) is 0 Å². The molecule has 0 amide bonds. The maximum Gasteiger partial charge on any atom is 0.303 e. The van der Waals surface area contributed by atoms with Crippen LogP contribution in [0.2, 0.25) is 0 Å². The first-order valence-corrected chi connectivity index (χ1v) is 7.01. The summed E-state index contributed by atoms with van der Waals surface area (Å²) in [4.78, 5) is 10.3. The van der Waals surface area contributed by atoms with E-state index in [0.29, 0.717) is 6.42 Å². The third kappa shape index (κ3) is 4.35. The van der Waals surface area contributed by atoms with E-state index in [1.165, 1.54) is 18.4 Å². The van der Waals surface area contributed by atoms with Crippen LogP contribution < -0.4 is 0 Å². The maximum atomic E-state index is 10.3. The molecule has 3 rings (SSSR count). The smallest absolute Gasteiger partial charge is 0.303 e. The number of benzene rings is 1. The minimum absolute atomic E-state index is 0.0880. The van der Waals surface area contributed by atoms with Crippen molar-refractivity contribution in [2.24, 2.45) is 11.8 Å². The first kappa shape index (κ1) is 14.1. The van der Waals surface area contributed by atoms with Gasteiger partial charge in [0.2, 0.25) is 0 Å². The molecular weight excluding hydrogens is 240 g/mol. The molecule has 1 aromatic rings. The van der Waals surface area contributed by atoms with Gasteiger partial charge in [-0.15, -0.1) is 0 Å². The summed E-state index contributed by atoms with van der Waals surface area (Å²) in [5.41, 5.74) is 2.27. The number of aliphatic carboxylic acids is 1. The summed E-state index contributed by atoms with van der Waals surface area (Å²) in [6.45, 7) is 2.00. The van der Waals surface area contributed by atoms with Crippen LogP contribution in [0, 0.1) is 18.8 Å².